The van der Waals surface area contributed by atoms with Gasteiger partial charge in [-0.1, -0.05) is 20.8 Å². The molecule has 0 aliphatic heterocycles. The normalized spacial score (nSPS) is 16.3. The van der Waals surface area contributed by atoms with Crippen molar-refractivity contribution in [2.75, 3.05) is 13.7 Å². The third-order valence-electron chi connectivity index (χ3n) is 3.73. The molecule has 1 heterocycles. The molecule has 4 nitrogen and oxygen atoms in total. The van der Waals surface area contributed by atoms with Gasteiger partial charge in [0.05, 0.1) is 28.0 Å². The van der Waals surface area contributed by atoms with E-state index in [-0.39, 0.29) is 11.6 Å². The lowest BCUT2D eigenvalue weighted by Gasteiger charge is -2.36. The van der Waals surface area contributed by atoms with Crippen molar-refractivity contribution < 1.29 is 4.74 Å². The molecule has 2 atom stereocenters. The number of rotatable bonds is 8. The topological polar surface area (TPSA) is 39.1 Å². The smallest absolute Gasteiger partial charge is 0.0857 e. The van der Waals surface area contributed by atoms with E-state index in [9.17, 15) is 0 Å². The first-order valence-corrected chi connectivity index (χ1v) is 7.83. The predicted octanol–water partition coefficient (Wildman–Crippen LogP) is 3.52. The van der Waals surface area contributed by atoms with Gasteiger partial charge in [-0.15, -0.1) is 0 Å². The van der Waals surface area contributed by atoms with E-state index >= 15 is 0 Å². The van der Waals surface area contributed by atoms with Gasteiger partial charge in [-0.25, -0.2) is 0 Å². The highest BCUT2D eigenvalue weighted by Crippen LogP contribution is 2.35. The van der Waals surface area contributed by atoms with E-state index < -0.39 is 0 Å². The van der Waals surface area contributed by atoms with Crippen molar-refractivity contribution in [2.24, 2.45) is 0 Å². The van der Waals surface area contributed by atoms with Gasteiger partial charge in [0.2, 0.25) is 0 Å². The van der Waals surface area contributed by atoms with Crippen LogP contribution in [-0.2, 0) is 11.3 Å². The second-order valence-electron chi connectivity index (χ2n) is 4.96. The molecule has 0 fully saturated rings. The molecule has 19 heavy (non-hydrogen) atoms. The molecule has 0 aliphatic rings. The first kappa shape index (κ1) is 16.7. The standard InChI is InChI=1S/C14H26BrN3O/c1-6-9-18-12(11(15)10-17-18)13(16-8-3)14(4,7-2)19-5/h10,13,16H,6-9H2,1-5H3. The molecule has 1 aromatic heterocycles. The predicted molar refractivity (Wildman–Crippen MR) is 82.3 cm³/mol. The van der Waals surface area contributed by atoms with E-state index in [1.165, 1.54) is 5.69 Å². The summed E-state index contributed by atoms with van der Waals surface area (Å²) in [5, 5.41) is 8.02. The molecule has 1 N–H and O–H groups in total. The van der Waals surface area contributed by atoms with Crippen LogP contribution in [0.3, 0.4) is 0 Å². The lowest BCUT2D eigenvalue weighted by atomic mass is 9.90. The summed E-state index contributed by atoms with van der Waals surface area (Å²) < 4.78 is 8.91. The Labute approximate surface area is 125 Å². The van der Waals surface area contributed by atoms with Gasteiger partial charge in [-0.3, -0.25) is 4.68 Å². The highest BCUT2D eigenvalue weighted by Gasteiger charge is 2.36. The Morgan fingerprint density at radius 2 is 2.16 bits per heavy atom. The van der Waals surface area contributed by atoms with Crippen molar-refractivity contribution in [1.29, 1.82) is 0 Å². The fraction of sp³-hybridized carbons (Fsp3) is 0.786. The van der Waals surface area contributed by atoms with Crippen molar-refractivity contribution >= 4 is 15.9 Å². The van der Waals surface area contributed by atoms with E-state index in [0.29, 0.717) is 0 Å². The zero-order valence-electron chi connectivity index (χ0n) is 12.7. The van der Waals surface area contributed by atoms with E-state index in [2.05, 4.69) is 58.7 Å². The van der Waals surface area contributed by atoms with Gasteiger partial charge in [0.15, 0.2) is 0 Å². The number of ether oxygens (including phenoxy) is 1. The Balaban J connectivity index is 3.21. The average Bonchev–Trinajstić information content (AvgIpc) is 2.77. The summed E-state index contributed by atoms with van der Waals surface area (Å²) >= 11 is 3.63. The molecule has 2 unspecified atom stereocenters. The number of hydrogen-bond acceptors (Lipinski definition) is 3. The number of methoxy groups -OCH3 is 1. The van der Waals surface area contributed by atoms with Crippen LogP contribution in [0, 0.1) is 0 Å². The minimum atomic E-state index is -0.246. The maximum absolute atomic E-state index is 5.79. The largest absolute Gasteiger partial charge is 0.376 e. The van der Waals surface area contributed by atoms with Crippen molar-refractivity contribution in [1.82, 2.24) is 15.1 Å². The molecule has 0 amide bonds. The van der Waals surface area contributed by atoms with Crippen LogP contribution < -0.4 is 5.32 Å². The summed E-state index contributed by atoms with van der Waals surface area (Å²) in [6.45, 7) is 10.4. The molecule has 0 aromatic carbocycles. The van der Waals surface area contributed by atoms with Crippen molar-refractivity contribution in [3.8, 4) is 0 Å². The van der Waals surface area contributed by atoms with Gasteiger partial charge in [-0.05, 0) is 42.2 Å². The van der Waals surface area contributed by atoms with Crippen LogP contribution >= 0.6 is 15.9 Å². The van der Waals surface area contributed by atoms with Crippen molar-refractivity contribution in [3.63, 3.8) is 0 Å². The Morgan fingerprint density at radius 3 is 2.63 bits per heavy atom. The number of likely N-dealkylation sites (N-methyl/N-ethyl adjacent to an activating group) is 1. The summed E-state index contributed by atoms with van der Waals surface area (Å²) in [4.78, 5) is 0. The highest BCUT2D eigenvalue weighted by atomic mass is 79.9. The van der Waals surface area contributed by atoms with Gasteiger partial charge in [-0.2, -0.15) is 5.10 Å². The molecule has 0 aliphatic carbocycles. The summed E-state index contributed by atoms with van der Waals surface area (Å²) in [5.74, 6) is 0. The van der Waals surface area contributed by atoms with Crippen LogP contribution in [0.1, 0.15) is 52.3 Å². The molecular formula is C14H26BrN3O. The van der Waals surface area contributed by atoms with Crippen LogP contribution in [0.15, 0.2) is 10.7 Å². The number of nitrogens with one attached hydrogen (secondary N) is 1. The van der Waals surface area contributed by atoms with Gasteiger partial charge in [0.25, 0.3) is 0 Å². The van der Waals surface area contributed by atoms with E-state index in [1.807, 2.05) is 6.20 Å². The fourth-order valence-electron chi connectivity index (χ4n) is 2.32. The number of hydrogen-bond donors (Lipinski definition) is 1. The Morgan fingerprint density at radius 1 is 1.47 bits per heavy atom. The SMILES string of the molecule is CCCn1ncc(Br)c1C(NCC)C(C)(CC)OC. The molecule has 0 bridgehead atoms. The van der Waals surface area contributed by atoms with Gasteiger partial charge >= 0.3 is 0 Å². The molecule has 5 heteroatoms. The van der Waals surface area contributed by atoms with Crippen LogP contribution in [0.4, 0.5) is 0 Å². The van der Waals surface area contributed by atoms with Crippen molar-refractivity contribution in [3.05, 3.63) is 16.4 Å². The second-order valence-corrected chi connectivity index (χ2v) is 5.82. The summed E-state index contributed by atoms with van der Waals surface area (Å²) in [6.07, 6.45) is 3.88. The molecule has 1 rings (SSSR count). The van der Waals surface area contributed by atoms with E-state index in [1.54, 1.807) is 7.11 Å². The Kier molecular flexibility index (Phi) is 6.50. The minimum Gasteiger partial charge on any atom is -0.376 e. The molecule has 0 radical (unpaired) electrons. The monoisotopic (exact) mass is 331 g/mol. The molecule has 0 spiro atoms. The maximum Gasteiger partial charge on any atom is 0.0857 e. The molecular weight excluding hydrogens is 306 g/mol. The quantitative estimate of drug-likeness (QED) is 0.792. The fourth-order valence-corrected chi connectivity index (χ4v) is 2.85. The van der Waals surface area contributed by atoms with E-state index in [0.717, 1.165) is 30.4 Å². The molecule has 110 valence electrons. The lowest BCUT2D eigenvalue weighted by Crippen LogP contribution is -2.44. The van der Waals surface area contributed by atoms with Gasteiger partial charge in [0, 0.05) is 13.7 Å². The van der Waals surface area contributed by atoms with Crippen molar-refractivity contribution in [2.45, 2.75) is 58.7 Å². The summed E-state index contributed by atoms with van der Waals surface area (Å²) in [7, 11) is 1.78. The van der Waals surface area contributed by atoms with Gasteiger partial charge < -0.3 is 10.1 Å². The van der Waals surface area contributed by atoms with Crippen LogP contribution in [-0.4, -0.2) is 29.0 Å². The Hall–Kier alpha value is -0.390. The first-order chi connectivity index (χ1) is 9.03. The third kappa shape index (κ3) is 3.58. The minimum absolute atomic E-state index is 0.121. The first-order valence-electron chi connectivity index (χ1n) is 7.03. The van der Waals surface area contributed by atoms with E-state index in [4.69, 9.17) is 4.74 Å². The molecule has 1 aromatic rings. The number of aromatic nitrogens is 2. The number of nitrogens with zero attached hydrogens (tertiary/aromatic N) is 2. The van der Waals surface area contributed by atoms with Crippen LogP contribution in [0.25, 0.3) is 0 Å². The maximum atomic E-state index is 5.79. The van der Waals surface area contributed by atoms with Crippen LogP contribution in [0.5, 0.6) is 0 Å². The number of aryl methyl sites for hydroxylation is 1. The average molecular weight is 332 g/mol. The van der Waals surface area contributed by atoms with Crippen LogP contribution in [0.2, 0.25) is 0 Å². The zero-order valence-corrected chi connectivity index (χ0v) is 14.2. The molecule has 0 saturated heterocycles. The third-order valence-corrected chi connectivity index (χ3v) is 4.34. The summed E-state index contributed by atoms with van der Waals surface area (Å²) in [5.41, 5.74) is 0.930. The summed E-state index contributed by atoms with van der Waals surface area (Å²) in [6, 6.07) is 0.121. The second kappa shape index (κ2) is 7.41. The highest BCUT2D eigenvalue weighted by molar-refractivity contribution is 9.10. The lowest BCUT2D eigenvalue weighted by molar-refractivity contribution is -0.0320. The zero-order chi connectivity index (χ0) is 14.5. The van der Waals surface area contributed by atoms with Gasteiger partial charge in [0.1, 0.15) is 0 Å². The Bertz CT molecular complexity index is 388. The molecule has 0 saturated carbocycles. The number of halogens is 1.